The average molecular weight is 633 g/mol. The van der Waals surface area contributed by atoms with Gasteiger partial charge in [0.05, 0.1) is 25.4 Å². The van der Waals surface area contributed by atoms with Gasteiger partial charge in [-0.25, -0.2) is 4.52 Å². The fourth-order valence-corrected chi connectivity index (χ4v) is 7.21. The number of ether oxygens (including phenoxy) is 2. The molecular formula is C45H32N2O2. The molecule has 0 aliphatic rings. The van der Waals surface area contributed by atoms with Gasteiger partial charge in [0.15, 0.2) is 11.5 Å². The van der Waals surface area contributed by atoms with Crippen LogP contribution in [0.15, 0.2) is 158 Å². The van der Waals surface area contributed by atoms with Crippen LogP contribution in [0.25, 0.3) is 82.6 Å². The van der Waals surface area contributed by atoms with Crippen LogP contribution in [0, 0.1) is 0 Å². The summed E-state index contributed by atoms with van der Waals surface area (Å²) in [5.41, 5.74) is 9.55. The first-order valence-corrected chi connectivity index (χ1v) is 16.4. The van der Waals surface area contributed by atoms with E-state index in [-0.39, 0.29) is 0 Å². The van der Waals surface area contributed by atoms with Crippen molar-refractivity contribution in [2.75, 3.05) is 14.2 Å². The average Bonchev–Trinajstić information content (AvgIpc) is 3.58. The van der Waals surface area contributed by atoms with E-state index in [4.69, 9.17) is 14.6 Å². The first-order valence-electron chi connectivity index (χ1n) is 16.4. The summed E-state index contributed by atoms with van der Waals surface area (Å²) in [6, 6.07) is 55.9. The summed E-state index contributed by atoms with van der Waals surface area (Å²) in [4.78, 5) is 0. The van der Waals surface area contributed by atoms with Crippen molar-refractivity contribution in [1.82, 2.24) is 9.61 Å². The number of hydrogen-bond acceptors (Lipinski definition) is 3. The van der Waals surface area contributed by atoms with Gasteiger partial charge in [0, 0.05) is 22.1 Å². The molecule has 0 N–H and O–H groups in total. The molecule has 2 heterocycles. The second-order valence-corrected chi connectivity index (χ2v) is 12.3. The lowest BCUT2D eigenvalue weighted by molar-refractivity contribution is 0.356. The number of methoxy groups -OCH3 is 2. The summed E-state index contributed by atoms with van der Waals surface area (Å²) in [6.07, 6.45) is 0. The molecule has 9 rings (SSSR count). The summed E-state index contributed by atoms with van der Waals surface area (Å²) in [6.45, 7) is 0. The van der Waals surface area contributed by atoms with Crippen LogP contribution in [0.3, 0.4) is 0 Å². The molecule has 4 nitrogen and oxygen atoms in total. The third-order valence-electron chi connectivity index (χ3n) is 9.56. The van der Waals surface area contributed by atoms with Crippen LogP contribution in [-0.4, -0.2) is 23.8 Å². The molecule has 9 aromatic rings. The highest BCUT2D eigenvalue weighted by Gasteiger charge is 2.23. The summed E-state index contributed by atoms with van der Waals surface area (Å²) in [7, 11) is 3.37. The summed E-state index contributed by atoms with van der Waals surface area (Å²) in [5, 5.41) is 12.4. The van der Waals surface area contributed by atoms with Crippen LogP contribution in [0.5, 0.6) is 11.5 Å². The standard InChI is InChI=1S/C45H32N2O2/c1-48-41-27-36-26-40(31-14-4-3-5-15-31)47-45(39(36)28-42(41)49-2)43(34-23-22-29-12-6-7-16-32(29)24-34)44(46-47)35-19-10-18-33(25-35)38-21-11-17-30-13-8-9-20-37(30)38/h3-28H,1-2H3. The van der Waals surface area contributed by atoms with E-state index in [0.717, 1.165) is 55.5 Å². The number of benzene rings is 7. The van der Waals surface area contributed by atoms with Crippen LogP contribution >= 0.6 is 0 Å². The van der Waals surface area contributed by atoms with Gasteiger partial charge in [0.2, 0.25) is 0 Å². The Bertz CT molecular complexity index is 2690. The maximum Gasteiger partial charge on any atom is 0.161 e. The summed E-state index contributed by atoms with van der Waals surface area (Å²) < 4.78 is 13.7. The fourth-order valence-electron chi connectivity index (χ4n) is 7.21. The van der Waals surface area contributed by atoms with E-state index >= 15 is 0 Å². The Morgan fingerprint density at radius 3 is 1.96 bits per heavy atom. The van der Waals surface area contributed by atoms with Crippen molar-refractivity contribution in [2.24, 2.45) is 0 Å². The highest BCUT2D eigenvalue weighted by molar-refractivity contribution is 6.10. The van der Waals surface area contributed by atoms with E-state index in [1.54, 1.807) is 14.2 Å². The van der Waals surface area contributed by atoms with Gasteiger partial charge < -0.3 is 9.47 Å². The molecule has 0 aliphatic heterocycles. The van der Waals surface area contributed by atoms with Gasteiger partial charge in [-0.05, 0) is 74.0 Å². The van der Waals surface area contributed by atoms with E-state index in [9.17, 15) is 0 Å². The van der Waals surface area contributed by atoms with E-state index in [1.165, 1.54) is 27.1 Å². The van der Waals surface area contributed by atoms with Crippen molar-refractivity contribution >= 4 is 37.8 Å². The Kier molecular flexibility index (Phi) is 6.87. The van der Waals surface area contributed by atoms with Gasteiger partial charge in [-0.1, -0.05) is 127 Å². The van der Waals surface area contributed by atoms with E-state index in [0.29, 0.717) is 11.5 Å². The SMILES string of the molecule is COc1cc2cc(-c3ccccc3)n3nc(-c4cccc(-c5cccc6ccccc56)c4)c(-c4ccc5ccccc5c4)c3c2cc1OC. The zero-order chi connectivity index (χ0) is 32.9. The smallest absolute Gasteiger partial charge is 0.161 e. The van der Waals surface area contributed by atoms with Crippen molar-refractivity contribution in [3.8, 4) is 56.3 Å². The molecule has 0 bridgehead atoms. The molecule has 0 unspecified atom stereocenters. The molecule has 234 valence electrons. The lowest BCUT2D eigenvalue weighted by Gasteiger charge is -2.14. The van der Waals surface area contributed by atoms with Crippen molar-refractivity contribution < 1.29 is 9.47 Å². The molecule has 0 amide bonds. The third kappa shape index (κ3) is 4.80. The number of fused-ring (bicyclic) bond motifs is 5. The normalized spacial score (nSPS) is 11.5. The maximum atomic E-state index is 5.85. The Labute approximate surface area is 284 Å². The molecule has 0 radical (unpaired) electrons. The monoisotopic (exact) mass is 632 g/mol. The second-order valence-electron chi connectivity index (χ2n) is 12.3. The predicted molar refractivity (Wildman–Crippen MR) is 203 cm³/mol. The number of nitrogens with zero attached hydrogens (tertiary/aromatic N) is 2. The highest BCUT2D eigenvalue weighted by atomic mass is 16.5. The van der Waals surface area contributed by atoms with E-state index < -0.39 is 0 Å². The third-order valence-corrected chi connectivity index (χ3v) is 9.56. The predicted octanol–water partition coefficient (Wildman–Crippen LogP) is 11.5. The van der Waals surface area contributed by atoms with Gasteiger partial charge in [0.25, 0.3) is 0 Å². The van der Waals surface area contributed by atoms with Crippen molar-refractivity contribution in [3.63, 3.8) is 0 Å². The maximum absolute atomic E-state index is 5.85. The van der Waals surface area contributed by atoms with Crippen LogP contribution in [-0.2, 0) is 0 Å². The number of pyridine rings is 1. The molecule has 49 heavy (non-hydrogen) atoms. The number of aromatic nitrogens is 2. The molecule has 0 saturated carbocycles. The zero-order valence-corrected chi connectivity index (χ0v) is 27.2. The topological polar surface area (TPSA) is 35.8 Å². The molecule has 4 heteroatoms. The van der Waals surface area contributed by atoms with Gasteiger partial charge >= 0.3 is 0 Å². The minimum absolute atomic E-state index is 0.675. The largest absolute Gasteiger partial charge is 0.493 e. The Morgan fingerprint density at radius 1 is 0.449 bits per heavy atom. The molecule has 7 aromatic carbocycles. The van der Waals surface area contributed by atoms with Gasteiger partial charge in [-0.15, -0.1) is 0 Å². The number of rotatable bonds is 6. The van der Waals surface area contributed by atoms with E-state index in [2.05, 4.69) is 156 Å². The van der Waals surface area contributed by atoms with Crippen LogP contribution in [0.2, 0.25) is 0 Å². The van der Waals surface area contributed by atoms with Crippen molar-refractivity contribution in [1.29, 1.82) is 0 Å². The molecular weight excluding hydrogens is 601 g/mol. The molecule has 0 fully saturated rings. The minimum Gasteiger partial charge on any atom is -0.493 e. The quantitative estimate of drug-likeness (QED) is 0.183. The summed E-state index contributed by atoms with van der Waals surface area (Å²) in [5.74, 6) is 1.36. The second kappa shape index (κ2) is 11.7. The molecule has 0 aliphatic carbocycles. The lowest BCUT2D eigenvalue weighted by Crippen LogP contribution is -1.97. The first-order chi connectivity index (χ1) is 24.2. The first kappa shape index (κ1) is 28.8. The minimum atomic E-state index is 0.675. The fraction of sp³-hybridized carbons (Fsp3) is 0.0444. The Morgan fingerprint density at radius 2 is 1.12 bits per heavy atom. The van der Waals surface area contributed by atoms with Crippen molar-refractivity contribution in [3.05, 3.63) is 158 Å². The Balaban J connectivity index is 1.41. The molecule has 0 saturated heterocycles. The van der Waals surface area contributed by atoms with Gasteiger partial charge in [-0.3, -0.25) is 0 Å². The van der Waals surface area contributed by atoms with Crippen LogP contribution in [0.1, 0.15) is 0 Å². The number of hydrogen-bond donors (Lipinski definition) is 0. The highest BCUT2D eigenvalue weighted by Crippen LogP contribution is 2.44. The van der Waals surface area contributed by atoms with Gasteiger partial charge in [0.1, 0.15) is 5.69 Å². The van der Waals surface area contributed by atoms with Crippen molar-refractivity contribution in [2.45, 2.75) is 0 Å². The van der Waals surface area contributed by atoms with Crippen LogP contribution < -0.4 is 9.47 Å². The molecule has 0 atom stereocenters. The zero-order valence-electron chi connectivity index (χ0n) is 27.2. The van der Waals surface area contributed by atoms with Crippen LogP contribution in [0.4, 0.5) is 0 Å². The van der Waals surface area contributed by atoms with E-state index in [1.807, 2.05) is 6.07 Å². The summed E-state index contributed by atoms with van der Waals surface area (Å²) >= 11 is 0. The molecule has 2 aromatic heterocycles. The molecule has 0 spiro atoms. The van der Waals surface area contributed by atoms with Gasteiger partial charge in [-0.2, -0.15) is 5.10 Å². The lowest BCUT2D eigenvalue weighted by atomic mass is 9.93. The Hall–Kier alpha value is -6.39.